The van der Waals surface area contributed by atoms with Crippen molar-refractivity contribution in [2.45, 2.75) is 25.9 Å². The zero-order chi connectivity index (χ0) is 9.40. The summed E-state index contributed by atoms with van der Waals surface area (Å²) >= 11 is 0. The molecule has 1 unspecified atom stereocenters. The Morgan fingerprint density at radius 2 is 2.00 bits per heavy atom. The average molecular weight is 173 g/mol. The van der Waals surface area contributed by atoms with Gasteiger partial charge in [0.1, 0.15) is 0 Å². The number of nitrogens with one attached hydrogen (secondary N) is 2. The van der Waals surface area contributed by atoms with Crippen molar-refractivity contribution in [2.24, 2.45) is 0 Å². The Kier molecular flexibility index (Phi) is 7.45. The summed E-state index contributed by atoms with van der Waals surface area (Å²) in [5.74, 6) is 0. The Morgan fingerprint density at radius 3 is 2.42 bits per heavy atom. The first-order valence-corrected chi connectivity index (χ1v) is 4.78. The Hall–Kier alpha value is -0.120. The lowest BCUT2D eigenvalue weighted by Crippen LogP contribution is -2.42. The van der Waals surface area contributed by atoms with Crippen LogP contribution in [0.1, 0.15) is 19.8 Å². The summed E-state index contributed by atoms with van der Waals surface area (Å²) in [4.78, 5) is 2.36. The van der Waals surface area contributed by atoms with Crippen molar-refractivity contribution in [3.63, 3.8) is 0 Å². The van der Waals surface area contributed by atoms with Gasteiger partial charge < -0.3 is 10.6 Å². The molecule has 0 fully saturated rings. The van der Waals surface area contributed by atoms with Crippen LogP contribution in [-0.2, 0) is 0 Å². The van der Waals surface area contributed by atoms with Crippen molar-refractivity contribution in [3.8, 4) is 0 Å². The molecule has 0 heterocycles. The largest absolute Gasteiger partial charge is 0.320 e. The maximum atomic E-state index is 3.28. The number of hydrogen-bond donors (Lipinski definition) is 2. The summed E-state index contributed by atoms with van der Waals surface area (Å²) in [5.41, 5.74) is 0. The molecule has 12 heavy (non-hydrogen) atoms. The van der Waals surface area contributed by atoms with Crippen LogP contribution in [0, 0.1) is 0 Å². The van der Waals surface area contributed by atoms with Gasteiger partial charge in [0.15, 0.2) is 0 Å². The molecule has 0 aliphatic rings. The van der Waals surface area contributed by atoms with Crippen LogP contribution < -0.4 is 10.6 Å². The van der Waals surface area contributed by atoms with E-state index in [1.54, 1.807) is 0 Å². The second kappa shape index (κ2) is 7.53. The highest BCUT2D eigenvalue weighted by molar-refractivity contribution is 4.62. The molecule has 1 atom stereocenters. The SMILES string of the molecule is CCC(NC)N(C)CCCNC. The average Bonchev–Trinajstić information content (AvgIpc) is 2.07. The molecule has 2 N–H and O–H groups in total. The predicted octanol–water partition coefficient (Wildman–Crippen LogP) is 0.483. The molecule has 0 aromatic rings. The van der Waals surface area contributed by atoms with Gasteiger partial charge in [0.05, 0.1) is 6.17 Å². The Labute approximate surface area is 76.5 Å². The van der Waals surface area contributed by atoms with Crippen LogP contribution in [0.25, 0.3) is 0 Å². The molecular weight excluding hydrogens is 150 g/mol. The summed E-state index contributed by atoms with van der Waals surface area (Å²) in [6, 6.07) is 0. The summed E-state index contributed by atoms with van der Waals surface area (Å²) in [6.45, 7) is 4.46. The number of rotatable bonds is 7. The van der Waals surface area contributed by atoms with E-state index in [4.69, 9.17) is 0 Å². The van der Waals surface area contributed by atoms with Crippen LogP contribution in [0.2, 0.25) is 0 Å². The Balaban J connectivity index is 3.47. The van der Waals surface area contributed by atoms with Gasteiger partial charge in [-0.3, -0.25) is 4.90 Å². The number of hydrogen-bond acceptors (Lipinski definition) is 3. The van der Waals surface area contributed by atoms with Crippen molar-refractivity contribution >= 4 is 0 Å². The molecule has 0 rings (SSSR count). The molecule has 3 nitrogen and oxygen atoms in total. The fourth-order valence-electron chi connectivity index (χ4n) is 1.40. The molecule has 0 aromatic carbocycles. The Morgan fingerprint density at radius 1 is 1.33 bits per heavy atom. The molecule has 0 spiro atoms. The second-order valence-electron chi connectivity index (χ2n) is 3.15. The number of nitrogens with zero attached hydrogens (tertiary/aromatic N) is 1. The van der Waals surface area contributed by atoms with Crippen LogP contribution in [0.15, 0.2) is 0 Å². The molecule has 0 bridgehead atoms. The summed E-state index contributed by atoms with van der Waals surface area (Å²) in [6.07, 6.45) is 2.90. The fraction of sp³-hybridized carbons (Fsp3) is 1.00. The monoisotopic (exact) mass is 173 g/mol. The summed E-state index contributed by atoms with van der Waals surface area (Å²) in [5, 5.41) is 6.43. The third kappa shape index (κ3) is 4.70. The van der Waals surface area contributed by atoms with Crippen LogP contribution in [0.4, 0.5) is 0 Å². The Bertz CT molecular complexity index is 91.8. The van der Waals surface area contributed by atoms with Crippen molar-refractivity contribution in [3.05, 3.63) is 0 Å². The van der Waals surface area contributed by atoms with Gasteiger partial charge in [-0.1, -0.05) is 6.92 Å². The van der Waals surface area contributed by atoms with E-state index in [9.17, 15) is 0 Å². The third-order valence-electron chi connectivity index (χ3n) is 2.19. The molecular formula is C9H23N3. The zero-order valence-corrected chi connectivity index (χ0v) is 8.85. The minimum atomic E-state index is 0.529. The zero-order valence-electron chi connectivity index (χ0n) is 8.85. The second-order valence-corrected chi connectivity index (χ2v) is 3.15. The van der Waals surface area contributed by atoms with Crippen molar-refractivity contribution < 1.29 is 0 Å². The van der Waals surface area contributed by atoms with Crippen molar-refractivity contribution in [1.29, 1.82) is 0 Å². The van der Waals surface area contributed by atoms with E-state index in [0.717, 1.165) is 19.5 Å². The van der Waals surface area contributed by atoms with Gasteiger partial charge in [-0.25, -0.2) is 0 Å². The van der Waals surface area contributed by atoms with Crippen LogP contribution in [-0.4, -0.2) is 45.3 Å². The van der Waals surface area contributed by atoms with Gasteiger partial charge in [0.25, 0.3) is 0 Å². The standard InChI is InChI=1S/C9H23N3/c1-5-9(11-3)12(4)8-6-7-10-2/h9-11H,5-8H2,1-4H3. The van der Waals surface area contributed by atoms with Crippen LogP contribution in [0.3, 0.4) is 0 Å². The topological polar surface area (TPSA) is 27.3 Å². The van der Waals surface area contributed by atoms with E-state index in [2.05, 4.69) is 29.5 Å². The molecule has 0 radical (unpaired) electrons. The lowest BCUT2D eigenvalue weighted by atomic mass is 10.3. The highest BCUT2D eigenvalue weighted by atomic mass is 15.2. The van der Waals surface area contributed by atoms with Gasteiger partial charge in [-0.05, 0) is 40.5 Å². The molecule has 0 amide bonds. The fourth-order valence-corrected chi connectivity index (χ4v) is 1.40. The van der Waals surface area contributed by atoms with Gasteiger partial charge in [-0.2, -0.15) is 0 Å². The van der Waals surface area contributed by atoms with E-state index in [1.165, 1.54) is 6.42 Å². The minimum absolute atomic E-state index is 0.529. The molecule has 3 heteroatoms. The van der Waals surface area contributed by atoms with Crippen molar-refractivity contribution in [1.82, 2.24) is 15.5 Å². The van der Waals surface area contributed by atoms with Gasteiger partial charge in [0, 0.05) is 6.54 Å². The summed E-state index contributed by atoms with van der Waals surface area (Å²) < 4.78 is 0. The normalized spacial score (nSPS) is 13.8. The van der Waals surface area contributed by atoms with Crippen LogP contribution in [0.5, 0.6) is 0 Å². The highest BCUT2D eigenvalue weighted by Gasteiger charge is 2.07. The van der Waals surface area contributed by atoms with Gasteiger partial charge >= 0.3 is 0 Å². The molecule has 0 saturated heterocycles. The maximum absolute atomic E-state index is 3.28. The first kappa shape index (κ1) is 11.9. The third-order valence-corrected chi connectivity index (χ3v) is 2.19. The molecule has 74 valence electrons. The van der Waals surface area contributed by atoms with Crippen LogP contribution >= 0.6 is 0 Å². The first-order chi connectivity index (χ1) is 5.76. The lowest BCUT2D eigenvalue weighted by Gasteiger charge is -2.26. The smallest absolute Gasteiger partial charge is 0.0589 e. The van der Waals surface area contributed by atoms with Gasteiger partial charge in [0.2, 0.25) is 0 Å². The first-order valence-electron chi connectivity index (χ1n) is 4.78. The summed E-state index contributed by atoms with van der Waals surface area (Å²) in [7, 11) is 6.18. The van der Waals surface area contributed by atoms with E-state index in [1.807, 2.05) is 14.1 Å². The highest BCUT2D eigenvalue weighted by Crippen LogP contribution is 1.97. The van der Waals surface area contributed by atoms with E-state index >= 15 is 0 Å². The predicted molar refractivity (Wildman–Crippen MR) is 54.3 cm³/mol. The van der Waals surface area contributed by atoms with E-state index in [-0.39, 0.29) is 0 Å². The minimum Gasteiger partial charge on any atom is -0.320 e. The molecule has 0 aromatic heterocycles. The quantitative estimate of drug-likeness (QED) is 0.433. The van der Waals surface area contributed by atoms with Crippen molar-refractivity contribution in [2.75, 3.05) is 34.2 Å². The van der Waals surface area contributed by atoms with E-state index in [0.29, 0.717) is 6.17 Å². The van der Waals surface area contributed by atoms with E-state index < -0.39 is 0 Å². The lowest BCUT2D eigenvalue weighted by molar-refractivity contribution is 0.206. The maximum Gasteiger partial charge on any atom is 0.0589 e. The molecule has 0 saturated carbocycles. The van der Waals surface area contributed by atoms with Gasteiger partial charge in [-0.15, -0.1) is 0 Å². The molecule has 0 aliphatic carbocycles. The molecule has 0 aliphatic heterocycles.